The summed E-state index contributed by atoms with van der Waals surface area (Å²) in [5.74, 6) is 0.888. The minimum Gasteiger partial charge on any atom is -0.381 e. The van der Waals surface area contributed by atoms with E-state index in [-0.39, 0.29) is 17.7 Å². The Hall–Kier alpha value is -1.14. The summed E-state index contributed by atoms with van der Waals surface area (Å²) in [4.78, 5) is 26.0. The Morgan fingerprint density at radius 2 is 1.86 bits per heavy atom. The summed E-state index contributed by atoms with van der Waals surface area (Å²) in [6.07, 6.45) is 5.23. The smallest absolute Gasteiger partial charge is 0.234 e. The molecule has 22 heavy (non-hydrogen) atoms. The number of rotatable bonds is 6. The van der Waals surface area contributed by atoms with Crippen LogP contribution in [0.2, 0.25) is 0 Å². The van der Waals surface area contributed by atoms with Crippen molar-refractivity contribution in [2.75, 3.05) is 39.4 Å². The average Bonchev–Trinajstić information content (AvgIpc) is 3.15. The third-order valence-electron chi connectivity index (χ3n) is 4.88. The van der Waals surface area contributed by atoms with E-state index < -0.39 is 0 Å². The van der Waals surface area contributed by atoms with E-state index in [9.17, 15) is 9.59 Å². The van der Waals surface area contributed by atoms with Crippen LogP contribution < -0.4 is 10.6 Å². The lowest BCUT2D eigenvalue weighted by atomic mass is 9.96. The van der Waals surface area contributed by atoms with Gasteiger partial charge in [-0.2, -0.15) is 0 Å². The zero-order valence-electron chi connectivity index (χ0n) is 13.2. The van der Waals surface area contributed by atoms with E-state index >= 15 is 0 Å². The van der Waals surface area contributed by atoms with Crippen molar-refractivity contribution in [2.24, 2.45) is 11.8 Å². The van der Waals surface area contributed by atoms with Gasteiger partial charge in [-0.3, -0.25) is 14.5 Å². The van der Waals surface area contributed by atoms with Crippen LogP contribution in [0.25, 0.3) is 0 Å². The number of piperidine rings is 1. The average molecular weight is 309 g/mol. The summed E-state index contributed by atoms with van der Waals surface area (Å²) in [5, 5.41) is 6.10. The molecule has 1 atom stereocenters. The predicted octanol–water partition coefficient (Wildman–Crippen LogP) is 0.130. The molecule has 0 spiro atoms. The highest BCUT2D eigenvalue weighted by atomic mass is 16.5. The summed E-state index contributed by atoms with van der Waals surface area (Å²) in [7, 11) is 0. The van der Waals surface area contributed by atoms with Crippen molar-refractivity contribution in [3.05, 3.63) is 0 Å². The Morgan fingerprint density at radius 1 is 1.09 bits per heavy atom. The topological polar surface area (TPSA) is 70.7 Å². The van der Waals surface area contributed by atoms with Gasteiger partial charge in [-0.1, -0.05) is 0 Å². The van der Waals surface area contributed by atoms with E-state index in [1.54, 1.807) is 0 Å². The molecule has 2 N–H and O–H groups in total. The standard InChI is InChI=1S/C16H27N3O3/c20-15(18-14-1-2-14)10-19-6-3-12(4-7-19)9-17-16(21)13-5-8-22-11-13/h12-14H,1-11H2,(H,17,21)(H,18,20). The van der Waals surface area contributed by atoms with Crippen LogP contribution in [0.15, 0.2) is 0 Å². The Morgan fingerprint density at radius 3 is 2.50 bits per heavy atom. The molecular formula is C16H27N3O3. The molecule has 6 nitrogen and oxygen atoms in total. The van der Waals surface area contributed by atoms with Crippen molar-refractivity contribution in [2.45, 2.75) is 38.1 Å². The highest BCUT2D eigenvalue weighted by Gasteiger charge is 2.27. The van der Waals surface area contributed by atoms with Gasteiger partial charge in [0.05, 0.1) is 19.1 Å². The van der Waals surface area contributed by atoms with Crippen LogP contribution in [-0.2, 0) is 14.3 Å². The minimum absolute atomic E-state index is 0.0474. The van der Waals surface area contributed by atoms with E-state index in [4.69, 9.17) is 4.74 Å². The van der Waals surface area contributed by atoms with E-state index in [0.717, 1.165) is 51.7 Å². The first kappa shape index (κ1) is 15.7. The largest absolute Gasteiger partial charge is 0.381 e. The molecule has 0 aromatic carbocycles. The molecule has 0 aromatic rings. The molecule has 0 radical (unpaired) electrons. The number of hydrogen-bond acceptors (Lipinski definition) is 4. The van der Waals surface area contributed by atoms with Gasteiger partial charge in [-0.15, -0.1) is 0 Å². The minimum atomic E-state index is 0.0474. The number of carbonyl (C=O) groups excluding carboxylic acids is 2. The molecule has 2 saturated heterocycles. The van der Waals surface area contributed by atoms with Gasteiger partial charge in [0.15, 0.2) is 0 Å². The van der Waals surface area contributed by atoms with Gasteiger partial charge in [-0.05, 0) is 51.1 Å². The van der Waals surface area contributed by atoms with Gasteiger partial charge in [-0.25, -0.2) is 0 Å². The molecule has 1 aliphatic carbocycles. The van der Waals surface area contributed by atoms with Crippen LogP contribution in [0, 0.1) is 11.8 Å². The number of likely N-dealkylation sites (tertiary alicyclic amines) is 1. The summed E-state index contributed by atoms with van der Waals surface area (Å²) in [6, 6.07) is 0.444. The van der Waals surface area contributed by atoms with Crippen molar-refractivity contribution < 1.29 is 14.3 Å². The van der Waals surface area contributed by atoms with Crippen molar-refractivity contribution in [1.82, 2.24) is 15.5 Å². The fourth-order valence-corrected chi connectivity index (χ4v) is 3.18. The maximum atomic E-state index is 12.0. The zero-order chi connectivity index (χ0) is 15.4. The number of carbonyl (C=O) groups is 2. The number of amides is 2. The van der Waals surface area contributed by atoms with E-state index in [0.29, 0.717) is 31.7 Å². The van der Waals surface area contributed by atoms with E-state index in [1.807, 2.05) is 0 Å². The molecule has 3 aliphatic rings. The lowest BCUT2D eigenvalue weighted by Crippen LogP contribution is -2.44. The van der Waals surface area contributed by atoms with Crippen molar-refractivity contribution >= 4 is 11.8 Å². The second-order valence-electron chi connectivity index (χ2n) is 6.87. The quantitative estimate of drug-likeness (QED) is 0.732. The van der Waals surface area contributed by atoms with Crippen LogP contribution in [0.3, 0.4) is 0 Å². The van der Waals surface area contributed by atoms with Crippen LogP contribution in [0.4, 0.5) is 0 Å². The highest BCUT2D eigenvalue weighted by molar-refractivity contribution is 5.79. The van der Waals surface area contributed by atoms with Gasteiger partial charge in [0, 0.05) is 19.2 Å². The first-order valence-electron chi connectivity index (χ1n) is 8.58. The lowest BCUT2D eigenvalue weighted by Gasteiger charge is -2.31. The predicted molar refractivity (Wildman–Crippen MR) is 82.3 cm³/mol. The molecule has 2 amide bonds. The summed E-state index contributed by atoms with van der Waals surface area (Å²) >= 11 is 0. The second kappa shape index (κ2) is 7.42. The zero-order valence-corrected chi connectivity index (χ0v) is 13.2. The van der Waals surface area contributed by atoms with Crippen LogP contribution in [0.5, 0.6) is 0 Å². The summed E-state index contributed by atoms with van der Waals surface area (Å²) in [6.45, 7) is 4.46. The number of nitrogens with one attached hydrogen (secondary N) is 2. The number of hydrogen-bond donors (Lipinski definition) is 2. The fourth-order valence-electron chi connectivity index (χ4n) is 3.18. The molecule has 1 saturated carbocycles. The molecule has 2 heterocycles. The van der Waals surface area contributed by atoms with Crippen molar-refractivity contribution in [3.8, 4) is 0 Å². The molecule has 0 bridgehead atoms. The summed E-state index contributed by atoms with van der Waals surface area (Å²) < 4.78 is 5.25. The molecule has 3 rings (SSSR count). The molecule has 2 aliphatic heterocycles. The van der Waals surface area contributed by atoms with Crippen molar-refractivity contribution in [1.29, 1.82) is 0 Å². The Kier molecular flexibility index (Phi) is 5.31. The molecular weight excluding hydrogens is 282 g/mol. The molecule has 124 valence electrons. The number of ether oxygens (including phenoxy) is 1. The van der Waals surface area contributed by atoms with Crippen LogP contribution in [-0.4, -0.2) is 62.1 Å². The maximum Gasteiger partial charge on any atom is 0.234 e. The van der Waals surface area contributed by atoms with Gasteiger partial charge in [0.1, 0.15) is 0 Å². The molecule has 0 aromatic heterocycles. The van der Waals surface area contributed by atoms with Gasteiger partial charge >= 0.3 is 0 Å². The molecule has 1 unspecified atom stereocenters. The SMILES string of the molecule is O=C(CN1CCC(CNC(=O)C2CCOC2)CC1)NC1CC1. The first-order chi connectivity index (χ1) is 10.7. The Balaban J connectivity index is 1.29. The Labute approximate surface area is 131 Å². The first-order valence-corrected chi connectivity index (χ1v) is 8.58. The lowest BCUT2D eigenvalue weighted by molar-refractivity contribution is -0.125. The molecule has 6 heteroatoms. The Bertz CT molecular complexity index is 397. The van der Waals surface area contributed by atoms with Gasteiger partial charge < -0.3 is 15.4 Å². The van der Waals surface area contributed by atoms with E-state index in [2.05, 4.69) is 15.5 Å². The van der Waals surface area contributed by atoms with Gasteiger partial charge in [0.2, 0.25) is 11.8 Å². The highest BCUT2D eigenvalue weighted by Crippen LogP contribution is 2.19. The maximum absolute atomic E-state index is 12.0. The number of nitrogens with zero attached hydrogens (tertiary/aromatic N) is 1. The van der Waals surface area contributed by atoms with Crippen molar-refractivity contribution in [3.63, 3.8) is 0 Å². The third kappa shape index (κ3) is 4.68. The van der Waals surface area contributed by atoms with Crippen LogP contribution >= 0.6 is 0 Å². The van der Waals surface area contributed by atoms with Gasteiger partial charge in [0.25, 0.3) is 0 Å². The fraction of sp³-hybridized carbons (Fsp3) is 0.875. The second-order valence-corrected chi connectivity index (χ2v) is 6.87. The van der Waals surface area contributed by atoms with Crippen LogP contribution in [0.1, 0.15) is 32.1 Å². The normalized spacial score (nSPS) is 26.8. The molecule has 3 fully saturated rings. The monoisotopic (exact) mass is 309 g/mol. The summed E-state index contributed by atoms with van der Waals surface area (Å²) in [5.41, 5.74) is 0. The van der Waals surface area contributed by atoms with E-state index in [1.165, 1.54) is 0 Å². The third-order valence-corrected chi connectivity index (χ3v) is 4.88.